The third kappa shape index (κ3) is 3.39. The molecule has 0 spiro atoms. The zero-order valence-corrected chi connectivity index (χ0v) is 20.8. The van der Waals surface area contributed by atoms with E-state index in [1.165, 1.54) is 12.8 Å². The minimum atomic E-state index is 0.383. The van der Waals surface area contributed by atoms with Crippen LogP contribution in [0.3, 0.4) is 0 Å². The Kier molecular flexibility index (Phi) is 4.83. The van der Waals surface area contributed by atoms with Crippen LogP contribution in [0, 0.1) is 0 Å². The summed E-state index contributed by atoms with van der Waals surface area (Å²) in [5.74, 6) is 2.09. The molecule has 0 bridgehead atoms. The number of hydrogen-bond donors (Lipinski definition) is 2. The average Bonchev–Trinajstić information content (AvgIpc) is 3.64. The largest absolute Gasteiger partial charge is 0.339 e. The van der Waals surface area contributed by atoms with Crippen molar-refractivity contribution in [2.24, 2.45) is 0 Å². The highest BCUT2D eigenvalue weighted by atomic mass is 32.1. The number of thiazole rings is 2. The molecular weight excluding hydrogens is 464 g/mol. The summed E-state index contributed by atoms with van der Waals surface area (Å²) in [5.41, 5.74) is 4.01. The number of hydrogen-bond acceptors (Lipinski definition) is 8. The van der Waals surface area contributed by atoms with Crippen molar-refractivity contribution in [3.8, 4) is 21.4 Å². The molecule has 10 heteroatoms. The van der Waals surface area contributed by atoms with E-state index in [1.807, 2.05) is 12.4 Å². The average molecular weight is 491 g/mol. The Hall–Kier alpha value is -2.66. The molecule has 6 heterocycles. The number of aromatic nitrogens is 6. The zero-order valence-electron chi connectivity index (χ0n) is 19.2. The van der Waals surface area contributed by atoms with Crippen LogP contribution in [-0.2, 0) is 0 Å². The Labute approximate surface area is 205 Å². The lowest BCUT2D eigenvalue weighted by molar-refractivity contribution is 0.307. The number of aromatic amines is 2. The van der Waals surface area contributed by atoms with E-state index in [1.54, 1.807) is 22.7 Å². The van der Waals surface area contributed by atoms with Gasteiger partial charge in [-0.2, -0.15) is 0 Å². The second-order valence-electron chi connectivity index (χ2n) is 9.47. The molecule has 2 fully saturated rings. The number of imidazole rings is 2. The number of benzene rings is 1. The standard InChI is InChI=1S/C24H26N8S2/c1-31-7-3-5-17(31)21-25-11-15(27-21)23-29-13-9-20-14(10-19(13)33-23)30-24(34-20)16-12-26-22(28-16)18-6-4-8-32(18)2/h9-12,17-18H,3-8H2,1-2H3,(H,25,27)(H,26,28)/t17-,18-/m0/s1. The fourth-order valence-electron chi connectivity index (χ4n) is 5.32. The maximum Gasteiger partial charge on any atom is 0.142 e. The van der Waals surface area contributed by atoms with Crippen molar-refractivity contribution in [3.63, 3.8) is 0 Å². The lowest BCUT2D eigenvalue weighted by atomic mass is 10.2. The van der Waals surface area contributed by atoms with Crippen LogP contribution in [0.1, 0.15) is 49.4 Å². The van der Waals surface area contributed by atoms with E-state index in [0.717, 1.165) is 79.4 Å². The Morgan fingerprint density at radius 1 is 0.765 bits per heavy atom. The minimum Gasteiger partial charge on any atom is -0.339 e. The van der Waals surface area contributed by atoms with Gasteiger partial charge in [0, 0.05) is 0 Å². The van der Waals surface area contributed by atoms with Crippen LogP contribution < -0.4 is 0 Å². The van der Waals surface area contributed by atoms with Gasteiger partial charge in [-0.25, -0.2) is 19.9 Å². The lowest BCUT2D eigenvalue weighted by Crippen LogP contribution is -2.18. The van der Waals surface area contributed by atoms with E-state index >= 15 is 0 Å². The predicted molar refractivity (Wildman–Crippen MR) is 137 cm³/mol. The summed E-state index contributed by atoms with van der Waals surface area (Å²) in [4.78, 5) is 31.0. The van der Waals surface area contributed by atoms with Crippen LogP contribution in [0.25, 0.3) is 41.8 Å². The molecule has 5 aromatic rings. The molecule has 2 aliphatic rings. The Morgan fingerprint density at radius 3 is 1.65 bits per heavy atom. The smallest absolute Gasteiger partial charge is 0.142 e. The summed E-state index contributed by atoms with van der Waals surface area (Å²) in [6, 6.07) is 5.09. The third-order valence-corrected chi connectivity index (χ3v) is 9.32. The summed E-state index contributed by atoms with van der Waals surface area (Å²) in [7, 11) is 4.34. The van der Waals surface area contributed by atoms with Gasteiger partial charge in [-0.1, -0.05) is 0 Å². The van der Waals surface area contributed by atoms with Crippen LogP contribution in [0.5, 0.6) is 0 Å². The van der Waals surface area contributed by atoms with E-state index in [0.29, 0.717) is 12.1 Å². The van der Waals surface area contributed by atoms with Gasteiger partial charge in [0.2, 0.25) is 0 Å². The Bertz CT molecular complexity index is 1330. The summed E-state index contributed by atoms with van der Waals surface area (Å²) in [6.45, 7) is 2.26. The van der Waals surface area contributed by atoms with E-state index < -0.39 is 0 Å². The molecule has 0 aliphatic carbocycles. The number of likely N-dealkylation sites (tertiary alicyclic amines) is 2. The fourth-order valence-corrected chi connectivity index (χ4v) is 7.21. The number of nitrogens with zero attached hydrogens (tertiary/aromatic N) is 6. The molecule has 8 nitrogen and oxygen atoms in total. The summed E-state index contributed by atoms with van der Waals surface area (Å²) >= 11 is 3.38. The maximum atomic E-state index is 4.93. The van der Waals surface area contributed by atoms with Gasteiger partial charge in [-0.3, -0.25) is 9.80 Å². The van der Waals surface area contributed by atoms with Crippen molar-refractivity contribution in [2.45, 2.75) is 37.8 Å². The molecule has 0 saturated carbocycles. The first-order valence-corrected chi connectivity index (χ1v) is 13.5. The Morgan fingerprint density at radius 2 is 1.24 bits per heavy atom. The van der Waals surface area contributed by atoms with Crippen molar-refractivity contribution in [3.05, 3.63) is 36.2 Å². The van der Waals surface area contributed by atoms with Crippen molar-refractivity contribution >= 4 is 43.1 Å². The zero-order chi connectivity index (χ0) is 22.8. The predicted octanol–water partition coefficient (Wildman–Crippen LogP) is 5.22. The van der Waals surface area contributed by atoms with Crippen LogP contribution in [-0.4, -0.2) is 66.9 Å². The molecular formula is C24H26N8S2. The van der Waals surface area contributed by atoms with Gasteiger partial charge < -0.3 is 9.97 Å². The maximum absolute atomic E-state index is 4.93. The van der Waals surface area contributed by atoms with E-state index in [-0.39, 0.29) is 0 Å². The van der Waals surface area contributed by atoms with Gasteiger partial charge in [0.05, 0.1) is 56.3 Å². The first-order valence-electron chi connectivity index (χ1n) is 11.8. The van der Waals surface area contributed by atoms with Gasteiger partial charge in [0.1, 0.15) is 21.7 Å². The molecule has 2 N–H and O–H groups in total. The quantitative estimate of drug-likeness (QED) is 0.359. The van der Waals surface area contributed by atoms with Crippen molar-refractivity contribution in [2.75, 3.05) is 27.2 Å². The summed E-state index contributed by atoms with van der Waals surface area (Å²) in [5, 5.41) is 1.96. The van der Waals surface area contributed by atoms with Crippen LogP contribution in [0.2, 0.25) is 0 Å². The van der Waals surface area contributed by atoms with E-state index in [9.17, 15) is 0 Å². The van der Waals surface area contributed by atoms with Gasteiger partial charge in [-0.15, -0.1) is 22.7 Å². The molecule has 34 heavy (non-hydrogen) atoms. The second kappa shape index (κ2) is 7.94. The second-order valence-corrected chi connectivity index (χ2v) is 11.5. The topological polar surface area (TPSA) is 89.6 Å². The van der Waals surface area contributed by atoms with Gasteiger partial charge >= 0.3 is 0 Å². The van der Waals surface area contributed by atoms with Crippen molar-refractivity contribution in [1.29, 1.82) is 0 Å². The third-order valence-electron chi connectivity index (χ3n) is 7.22. The number of rotatable bonds is 4. The highest BCUT2D eigenvalue weighted by Crippen LogP contribution is 2.38. The number of nitrogens with one attached hydrogen (secondary N) is 2. The lowest BCUT2D eigenvalue weighted by Gasteiger charge is -2.16. The first kappa shape index (κ1) is 20.7. The molecule has 0 radical (unpaired) electrons. The molecule has 2 aliphatic heterocycles. The van der Waals surface area contributed by atoms with Gasteiger partial charge in [-0.05, 0) is 65.0 Å². The number of H-pyrrole nitrogens is 2. The monoisotopic (exact) mass is 490 g/mol. The highest BCUT2D eigenvalue weighted by Gasteiger charge is 2.26. The normalized spacial score (nSPS) is 22.1. The molecule has 2 atom stereocenters. The summed E-state index contributed by atoms with van der Waals surface area (Å²) in [6.07, 6.45) is 8.61. The van der Waals surface area contributed by atoms with Gasteiger partial charge in [0.15, 0.2) is 0 Å². The van der Waals surface area contributed by atoms with E-state index in [2.05, 4.69) is 56.0 Å². The minimum absolute atomic E-state index is 0.383. The Balaban J connectivity index is 1.19. The van der Waals surface area contributed by atoms with Crippen LogP contribution in [0.4, 0.5) is 0 Å². The molecule has 0 unspecified atom stereocenters. The van der Waals surface area contributed by atoms with Crippen LogP contribution in [0.15, 0.2) is 24.5 Å². The van der Waals surface area contributed by atoms with Crippen molar-refractivity contribution < 1.29 is 0 Å². The van der Waals surface area contributed by atoms with E-state index in [4.69, 9.17) is 9.97 Å². The van der Waals surface area contributed by atoms with Crippen molar-refractivity contribution in [1.82, 2.24) is 39.7 Å². The molecule has 2 saturated heterocycles. The molecule has 0 amide bonds. The molecule has 1 aromatic carbocycles. The summed E-state index contributed by atoms with van der Waals surface area (Å²) < 4.78 is 2.29. The SMILES string of the molecule is CN1CCC[C@H]1c1ncc(-c2nc3cc4sc(-c5cnc([C@@H]6CCCN6C)[nH]5)nc4cc3s2)[nH]1. The highest BCUT2D eigenvalue weighted by molar-refractivity contribution is 7.23. The molecule has 174 valence electrons. The van der Waals surface area contributed by atoms with Crippen LogP contribution >= 0.6 is 22.7 Å². The van der Waals surface area contributed by atoms with Gasteiger partial charge in [0.25, 0.3) is 0 Å². The molecule has 7 rings (SSSR count). The first-order chi connectivity index (χ1) is 16.6. The fraction of sp³-hybridized carbons (Fsp3) is 0.417. The molecule has 4 aromatic heterocycles. The number of fused-ring (bicyclic) bond motifs is 2.